The van der Waals surface area contributed by atoms with E-state index in [9.17, 15) is 0 Å². The summed E-state index contributed by atoms with van der Waals surface area (Å²) in [5, 5.41) is 0. The maximum absolute atomic E-state index is 5.11. The lowest BCUT2D eigenvalue weighted by molar-refractivity contribution is 0.232. The molecule has 0 bridgehead atoms. The summed E-state index contributed by atoms with van der Waals surface area (Å²) >= 11 is 3.41. The minimum absolute atomic E-state index is 0.599. The number of nitrogens with one attached hydrogen (secondary N) is 1. The van der Waals surface area contributed by atoms with E-state index in [1.165, 1.54) is 5.57 Å². The second kappa shape index (κ2) is 15.3. The van der Waals surface area contributed by atoms with Gasteiger partial charge in [-0.1, -0.05) is 32.1 Å². The largest absolute Gasteiger partial charge is 0.381 e. The van der Waals surface area contributed by atoms with E-state index < -0.39 is 0 Å². The standard InChI is InChI=1S/C16H20BrN3O2.C2H6.C2H2/c1-21-8-3-4-12(7-9-22-2)5-6-15-19-14-10-13(17)11-18-16(14)20-15;2*1-2/h3-4,7,10-11H,5-6,8-9H2,1-2H3,(H,18,19,20);1-2H3;1-2H/b4-3-,12-7+;;. The molecule has 2 aromatic rings. The van der Waals surface area contributed by atoms with Crippen LogP contribution in [-0.2, 0) is 15.9 Å². The van der Waals surface area contributed by atoms with Crippen molar-refractivity contribution in [2.45, 2.75) is 26.7 Å². The number of aromatic nitrogens is 3. The zero-order chi connectivity index (χ0) is 19.8. The molecule has 0 aromatic carbocycles. The van der Waals surface area contributed by atoms with Crippen molar-refractivity contribution in [2.75, 3.05) is 27.4 Å². The highest BCUT2D eigenvalue weighted by atomic mass is 79.9. The second-order valence-corrected chi connectivity index (χ2v) is 5.72. The molecule has 5 nitrogen and oxygen atoms in total. The van der Waals surface area contributed by atoms with Crippen LogP contribution in [0.2, 0.25) is 0 Å². The number of aromatic amines is 1. The minimum atomic E-state index is 0.599. The number of fused-ring (bicyclic) bond motifs is 1. The molecule has 0 saturated heterocycles. The molecule has 2 rings (SSSR count). The molecule has 26 heavy (non-hydrogen) atoms. The number of imidazole rings is 1. The van der Waals surface area contributed by atoms with Crippen LogP contribution in [0.5, 0.6) is 0 Å². The molecular weight excluding hydrogens is 394 g/mol. The van der Waals surface area contributed by atoms with Crippen LogP contribution < -0.4 is 0 Å². The quantitative estimate of drug-likeness (QED) is 0.495. The number of halogens is 1. The first-order valence-corrected chi connectivity index (χ1v) is 9.19. The summed E-state index contributed by atoms with van der Waals surface area (Å²) in [6.07, 6.45) is 17.6. The van der Waals surface area contributed by atoms with Crippen molar-refractivity contribution in [3.8, 4) is 12.8 Å². The number of hydrogen-bond donors (Lipinski definition) is 1. The predicted octanol–water partition coefficient (Wildman–Crippen LogP) is 4.70. The predicted molar refractivity (Wildman–Crippen MR) is 112 cm³/mol. The molecule has 0 atom stereocenters. The molecule has 1 N–H and O–H groups in total. The van der Waals surface area contributed by atoms with Crippen molar-refractivity contribution in [1.29, 1.82) is 0 Å². The van der Waals surface area contributed by atoms with Gasteiger partial charge in [0.1, 0.15) is 5.82 Å². The molecule has 0 unspecified atom stereocenters. The summed E-state index contributed by atoms with van der Waals surface area (Å²) in [5.74, 6) is 0.934. The summed E-state index contributed by atoms with van der Waals surface area (Å²) in [5.41, 5.74) is 2.89. The Bertz CT molecular complexity index is 705. The van der Waals surface area contributed by atoms with Gasteiger partial charge in [0, 0.05) is 31.3 Å². The van der Waals surface area contributed by atoms with Crippen LogP contribution >= 0.6 is 15.9 Å². The van der Waals surface area contributed by atoms with Crippen molar-refractivity contribution < 1.29 is 9.47 Å². The zero-order valence-electron chi connectivity index (χ0n) is 16.0. The van der Waals surface area contributed by atoms with E-state index in [1.54, 1.807) is 20.4 Å². The van der Waals surface area contributed by atoms with E-state index in [0.29, 0.717) is 13.2 Å². The lowest BCUT2D eigenvalue weighted by Crippen LogP contribution is -1.93. The van der Waals surface area contributed by atoms with Gasteiger partial charge in [0.05, 0.1) is 18.7 Å². The lowest BCUT2D eigenvalue weighted by Gasteiger charge is -2.01. The summed E-state index contributed by atoms with van der Waals surface area (Å²) in [6.45, 7) is 5.20. The molecule has 0 aliphatic carbocycles. The van der Waals surface area contributed by atoms with Gasteiger partial charge in [-0.3, -0.25) is 0 Å². The summed E-state index contributed by atoms with van der Waals surface area (Å²) in [7, 11) is 3.37. The first-order valence-electron chi connectivity index (χ1n) is 8.40. The van der Waals surface area contributed by atoms with Gasteiger partial charge >= 0.3 is 0 Å². The third-order valence-electron chi connectivity index (χ3n) is 3.11. The van der Waals surface area contributed by atoms with Gasteiger partial charge in [-0.05, 0) is 34.0 Å². The van der Waals surface area contributed by atoms with Crippen LogP contribution in [0.1, 0.15) is 26.1 Å². The van der Waals surface area contributed by atoms with Crippen molar-refractivity contribution in [1.82, 2.24) is 15.0 Å². The number of hydrogen-bond acceptors (Lipinski definition) is 4. The summed E-state index contributed by atoms with van der Waals surface area (Å²) in [4.78, 5) is 12.1. The molecule has 2 aromatic heterocycles. The number of methoxy groups -OCH3 is 2. The van der Waals surface area contributed by atoms with Crippen LogP contribution in [-0.4, -0.2) is 42.4 Å². The molecule has 0 aliphatic heterocycles. The van der Waals surface area contributed by atoms with E-state index in [1.807, 2.05) is 26.0 Å². The Labute approximate surface area is 165 Å². The third kappa shape index (κ3) is 8.95. The minimum Gasteiger partial charge on any atom is -0.381 e. The monoisotopic (exact) mass is 421 g/mol. The third-order valence-corrected chi connectivity index (χ3v) is 3.54. The lowest BCUT2D eigenvalue weighted by atomic mass is 10.1. The summed E-state index contributed by atoms with van der Waals surface area (Å²) in [6, 6.07) is 1.99. The van der Waals surface area contributed by atoms with E-state index in [2.05, 4.69) is 55.9 Å². The summed E-state index contributed by atoms with van der Waals surface area (Å²) < 4.78 is 11.1. The molecule has 2 heterocycles. The van der Waals surface area contributed by atoms with Gasteiger partial charge in [0.25, 0.3) is 0 Å². The Morgan fingerprint density at radius 1 is 1.23 bits per heavy atom. The van der Waals surface area contributed by atoms with E-state index >= 15 is 0 Å². The van der Waals surface area contributed by atoms with Crippen molar-refractivity contribution in [3.05, 3.63) is 46.4 Å². The average molecular weight is 422 g/mol. The number of allylic oxidation sites excluding steroid dienone is 2. The highest BCUT2D eigenvalue weighted by Gasteiger charge is 2.05. The van der Waals surface area contributed by atoms with Crippen LogP contribution in [0, 0.1) is 12.8 Å². The van der Waals surface area contributed by atoms with Crippen molar-refractivity contribution in [2.24, 2.45) is 0 Å². The molecule has 0 aliphatic rings. The Morgan fingerprint density at radius 3 is 2.58 bits per heavy atom. The molecule has 6 heteroatoms. The molecule has 0 fully saturated rings. The molecule has 0 radical (unpaired) electrons. The van der Waals surface area contributed by atoms with Crippen LogP contribution in [0.3, 0.4) is 0 Å². The highest BCUT2D eigenvalue weighted by molar-refractivity contribution is 9.10. The van der Waals surface area contributed by atoms with Gasteiger partial charge in [0.2, 0.25) is 0 Å². The Balaban J connectivity index is 0.00000146. The number of terminal acetylenes is 1. The fourth-order valence-electron chi connectivity index (χ4n) is 2.05. The van der Waals surface area contributed by atoms with E-state index in [-0.39, 0.29) is 0 Å². The Hall–Kier alpha value is -1.94. The number of pyridine rings is 1. The van der Waals surface area contributed by atoms with Gasteiger partial charge in [-0.25, -0.2) is 9.97 Å². The Morgan fingerprint density at radius 2 is 1.92 bits per heavy atom. The fraction of sp³-hybridized carbons (Fsp3) is 0.400. The number of nitrogens with zero attached hydrogens (tertiary/aromatic N) is 2. The second-order valence-electron chi connectivity index (χ2n) is 4.80. The molecule has 142 valence electrons. The van der Waals surface area contributed by atoms with Crippen LogP contribution in [0.25, 0.3) is 11.2 Å². The maximum atomic E-state index is 5.11. The number of aryl methyl sites for hydroxylation is 1. The molecule has 0 spiro atoms. The topological polar surface area (TPSA) is 60.0 Å². The van der Waals surface area contributed by atoms with Crippen molar-refractivity contribution in [3.63, 3.8) is 0 Å². The first-order chi connectivity index (χ1) is 12.7. The molecule has 0 amide bonds. The van der Waals surface area contributed by atoms with Gasteiger partial charge in [-0.15, -0.1) is 12.8 Å². The van der Waals surface area contributed by atoms with E-state index in [0.717, 1.165) is 34.3 Å². The van der Waals surface area contributed by atoms with Gasteiger partial charge in [-0.2, -0.15) is 0 Å². The zero-order valence-corrected chi connectivity index (χ0v) is 17.5. The normalized spacial score (nSPS) is 11.0. The Kier molecular flexibility index (Phi) is 14.2. The highest BCUT2D eigenvalue weighted by Crippen LogP contribution is 2.16. The first kappa shape index (κ1) is 24.1. The fourth-order valence-corrected chi connectivity index (χ4v) is 2.38. The number of rotatable bonds is 8. The smallest absolute Gasteiger partial charge is 0.177 e. The van der Waals surface area contributed by atoms with E-state index in [4.69, 9.17) is 9.47 Å². The maximum Gasteiger partial charge on any atom is 0.177 e. The van der Waals surface area contributed by atoms with Gasteiger partial charge in [0.15, 0.2) is 5.65 Å². The average Bonchev–Trinajstić information content (AvgIpc) is 3.08. The molecule has 0 saturated carbocycles. The van der Waals surface area contributed by atoms with Gasteiger partial charge < -0.3 is 14.5 Å². The molecular formula is C20H28BrN3O2. The van der Waals surface area contributed by atoms with Crippen LogP contribution in [0.15, 0.2) is 40.5 Å². The van der Waals surface area contributed by atoms with Crippen molar-refractivity contribution >= 4 is 27.1 Å². The van der Waals surface area contributed by atoms with Crippen LogP contribution in [0.4, 0.5) is 0 Å². The number of ether oxygens (including phenoxy) is 2. The SMILES string of the molecule is C#C.CC.COC/C=C\C(=C/COC)CCc1nc2ncc(Br)cc2[nH]1. The number of H-pyrrole nitrogens is 1.